The molecule has 2 aromatic heterocycles. The molecule has 0 saturated carbocycles. The van der Waals surface area contributed by atoms with Crippen LogP contribution in [-0.2, 0) is 22.4 Å². The highest BCUT2D eigenvalue weighted by atomic mass is 32.1. The van der Waals surface area contributed by atoms with Gasteiger partial charge in [-0.05, 0) is 57.6 Å². The van der Waals surface area contributed by atoms with Gasteiger partial charge in [0.2, 0.25) is 5.91 Å². The van der Waals surface area contributed by atoms with Gasteiger partial charge >= 0.3 is 0 Å². The van der Waals surface area contributed by atoms with Crippen LogP contribution in [0.15, 0.2) is 5.38 Å². The minimum atomic E-state index is -0.204. The minimum Gasteiger partial charge on any atom is -0.316 e. The molecule has 3 heterocycles. The Morgan fingerprint density at radius 2 is 2.23 bits per heavy atom. The van der Waals surface area contributed by atoms with E-state index in [1.54, 1.807) is 22.7 Å². The van der Waals surface area contributed by atoms with Gasteiger partial charge in [-0.2, -0.15) is 0 Å². The number of carbonyl (C=O) groups excluding carboxylic acids is 2. The summed E-state index contributed by atoms with van der Waals surface area (Å²) in [7, 11) is 0. The number of thiophene rings is 1. The lowest BCUT2D eigenvalue weighted by atomic mass is 9.95. The number of anilines is 1. The number of nitrogens with one attached hydrogen (secondary N) is 1. The lowest BCUT2D eigenvalue weighted by molar-refractivity contribution is -0.120. The highest BCUT2D eigenvalue weighted by Crippen LogP contribution is 2.45. The first-order valence-electron chi connectivity index (χ1n) is 9.23. The van der Waals surface area contributed by atoms with Crippen molar-refractivity contribution >= 4 is 39.9 Å². The van der Waals surface area contributed by atoms with Crippen LogP contribution in [0.5, 0.6) is 0 Å². The highest BCUT2D eigenvalue weighted by Gasteiger charge is 2.32. The molecule has 1 fully saturated rings. The van der Waals surface area contributed by atoms with E-state index < -0.39 is 0 Å². The number of amides is 1. The van der Waals surface area contributed by atoms with Crippen LogP contribution in [0.4, 0.5) is 5.00 Å². The summed E-state index contributed by atoms with van der Waals surface area (Å²) in [5.74, 6) is 0.0116. The van der Waals surface area contributed by atoms with Crippen molar-refractivity contribution in [3.8, 4) is 10.6 Å². The average molecular weight is 390 g/mol. The Labute approximate surface area is 161 Å². The van der Waals surface area contributed by atoms with Crippen molar-refractivity contribution in [2.75, 3.05) is 18.4 Å². The average Bonchev–Trinajstić information content (AvgIpc) is 3.33. The molecule has 1 aliphatic carbocycles. The molecule has 138 valence electrons. The number of hydrogen-bond donors (Lipinski definition) is 1. The summed E-state index contributed by atoms with van der Waals surface area (Å²) < 4.78 is 0. The molecule has 5 nitrogen and oxygen atoms in total. The highest BCUT2D eigenvalue weighted by molar-refractivity contribution is 7.18. The first-order valence-corrected chi connectivity index (χ1v) is 10.9. The monoisotopic (exact) mass is 389 g/mol. The van der Waals surface area contributed by atoms with E-state index >= 15 is 0 Å². The number of thiazole rings is 1. The summed E-state index contributed by atoms with van der Waals surface area (Å²) in [5, 5.41) is 7.21. The van der Waals surface area contributed by atoms with Crippen LogP contribution >= 0.6 is 22.7 Å². The molecule has 0 spiro atoms. The Morgan fingerprint density at radius 3 is 3.00 bits per heavy atom. The Hall–Kier alpha value is -1.57. The van der Waals surface area contributed by atoms with Gasteiger partial charge in [-0.3, -0.25) is 9.69 Å². The summed E-state index contributed by atoms with van der Waals surface area (Å²) in [4.78, 5) is 31.9. The summed E-state index contributed by atoms with van der Waals surface area (Å²) in [5.41, 5.74) is 3.53. The number of rotatable bonds is 5. The minimum absolute atomic E-state index is 0.0116. The number of hydrogen-bond acceptors (Lipinski definition) is 6. The predicted octanol–water partition coefficient (Wildman–Crippen LogP) is 3.66. The smallest absolute Gasteiger partial charge is 0.242 e. The molecule has 2 aromatic rings. The number of aryl methyl sites for hydroxylation is 2. The first-order chi connectivity index (χ1) is 12.7. The van der Waals surface area contributed by atoms with E-state index in [0.29, 0.717) is 6.54 Å². The standard InChI is InChI=1S/C19H23N3O2S2/c1-12-11-25-18(20-12)16-13-5-2-3-7-15(13)26-19(16)21-17(24)14-6-4-8-22(14)9-10-23/h10-11,14H,2-9H2,1H3,(H,21,24). The van der Waals surface area contributed by atoms with Crippen molar-refractivity contribution in [2.45, 2.75) is 51.5 Å². The van der Waals surface area contributed by atoms with Gasteiger partial charge in [0.05, 0.1) is 12.6 Å². The number of likely N-dealkylation sites (tertiary alicyclic amines) is 1. The predicted molar refractivity (Wildman–Crippen MR) is 106 cm³/mol. The Balaban J connectivity index is 1.65. The number of carbonyl (C=O) groups is 2. The van der Waals surface area contributed by atoms with Crippen LogP contribution in [-0.4, -0.2) is 41.2 Å². The second kappa shape index (κ2) is 7.58. The second-order valence-electron chi connectivity index (χ2n) is 7.02. The van der Waals surface area contributed by atoms with Gasteiger partial charge in [-0.25, -0.2) is 4.98 Å². The number of nitrogens with zero attached hydrogens (tertiary/aromatic N) is 2. The zero-order valence-corrected chi connectivity index (χ0v) is 16.5. The molecule has 1 atom stereocenters. The van der Waals surface area contributed by atoms with Crippen LogP contribution in [0, 0.1) is 6.92 Å². The summed E-state index contributed by atoms with van der Waals surface area (Å²) in [6.07, 6.45) is 7.24. The molecule has 26 heavy (non-hydrogen) atoms. The third kappa shape index (κ3) is 3.35. The second-order valence-corrected chi connectivity index (χ2v) is 8.98. The van der Waals surface area contributed by atoms with Crippen LogP contribution in [0.2, 0.25) is 0 Å². The van der Waals surface area contributed by atoms with Gasteiger partial charge in [0, 0.05) is 21.5 Å². The van der Waals surface area contributed by atoms with Crippen molar-refractivity contribution in [1.29, 1.82) is 0 Å². The maximum absolute atomic E-state index is 12.9. The van der Waals surface area contributed by atoms with Crippen molar-refractivity contribution in [2.24, 2.45) is 0 Å². The molecular weight excluding hydrogens is 366 g/mol. The van der Waals surface area contributed by atoms with Gasteiger partial charge in [0.15, 0.2) is 0 Å². The lowest BCUT2D eigenvalue weighted by Gasteiger charge is -2.21. The van der Waals surface area contributed by atoms with Gasteiger partial charge in [0.25, 0.3) is 0 Å². The zero-order chi connectivity index (χ0) is 18.1. The van der Waals surface area contributed by atoms with Crippen LogP contribution < -0.4 is 5.32 Å². The van der Waals surface area contributed by atoms with E-state index in [-0.39, 0.29) is 11.9 Å². The molecule has 1 amide bonds. The maximum atomic E-state index is 12.9. The normalized spacial score (nSPS) is 20.1. The molecule has 4 rings (SSSR count). The molecule has 0 aromatic carbocycles. The van der Waals surface area contributed by atoms with Crippen molar-refractivity contribution in [1.82, 2.24) is 9.88 Å². The number of aromatic nitrogens is 1. The summed E-state index contributed by atoms with van der Waals surface area (Å²) >= 11 is 3.36. The summed E-state index contributed by atoms with van der Waals surface area (Å²) in [6, 6.07) is -0.204. The maximum Gasteiger partial charge on any atom is 0.242 e. The molecule has 1 aliphatic heterocycles. The van der Waals surface area contributed by atoms with Crippen molar-refractivity contribution < 1.29 is 9.59 Å². The lowest BCUT2D eigenvalue weighted by Crippen LogP contribution is -2.40. The van der Waals surface area contributed by atoms with Gasteiger partial charge in [-0.1, -0.05) is 0 Å². The molecule has 1 unspecified atom stereocenters. The Morgan fingerprint density at radius 1 is 1.38 bits per heavy atom. The van der Waals surface area contributed by atoms with E-state index in [4.69, 9.17) is 0 Å². The Bertz CT molecular complexity index is 827. The largest absolute Gasteiger partial charge is 0.316 e. The van der Waals surface area contributed by atoms with Gasteiger partial charge < -0.3 is 10.1 Å². The van der Waals surface area contributed by atoms with E-state index in [1.165, 1.54) is 23.3 Å². The fourth-order valence-electron chi connectivity index (χ4n) is 3.98. The Kier molecular flexibility index (Phi) is 5.20. The zero-order valence-electron chi connectivity index (χ0n) is 14.9. The quantitative estimate of drug-likeness (QED) is 0.793. The molecule has 2 aliphatic rings. The fourth-order valence-corrected chi connectivity index (χ4v) is 6.21. The molecule has 1 saturated heterocycles. The van der Waals surface area contributed by atoms with Crippen molar-refractivity contribution in [3.05, 3.63) is 21.5 Å². The third-order valence-corrected chi connectivity index (χ3v) is 7.40. The molecule has 0 radical (unpaired) electrons. The number of aldehydes is 1. The van der Waals surface area contributed by atoms with E-state index in [2.05, 4.69) is 15.7 Å². The SMILES string of the molecule is Cc1csc(-c2c(NC(=O)C3CCCN3CC=O)sc3c2CCCC3)n1. The first kappa shape index (κ1) is 17.8. The number of fused-ring (bicyclic) bond motifs is 1. The third-order valence-electron chi connectivity index (χ3n) is 5.22. The molecule has 0 bridgehead atoms. The van der Waals surface area contributed by atoms with Crippen LogP contribution in [0.1, 0.15) is 41.8 Å². The van der Waals surface area contributed by atoms with Crippen LogP contribution in [0.25, 0.3) is 10.6 Å². The van der Waals surface area contributed by atoms with Crippen molar-refractivity contribution in [3.63, 3.8) is 0 Å². The summed E-state index contributed by atoms with van der Waals surface area (Å²) in [6.45, 7) is 3.15. The topological polar surface area (TPSA) is 62.3 Å². The van der Waals surface area contributed by atoms with E-state index in [1.807, 2.05) is 11.8 Å². The molecule has 7 heteroatoms. The molecular formula is C19H23N3O2S2. The molecule has 1 N–H and O–H groups in total. The van der Waals surface area contributed by atoms with Crippen LogP contribution in [0.3, 0.4) is 0 Å². The van der Waals surface area contributed by atoms with Gasteiger partial charge in [-0.15, -0.1) is 22.7 Å². The van der Waals surface area contributed by atoms with Gasteiger partial charge in [0.1, 0.15) is 16.3 Å². The van der Waals surface area contributed by atoms with E-state index in [0.717, 1.165) is 59.8 Å². The van der Waals surface area contributed by atoms with E-state index in [9.17, 15) is 9.59 Å². The fraction of sp³-hybridized carbons (Fsp3) is 0.526.